The van der Waals surface area contributed by atoms with Crippen LogP contribution in [0.1, 0.15) is 24.8 Å². The number of nitrogens with one attached hydrogen (secondary N) is 1. The molecule has 6 heteroatoms. The first-order valence-electron chi connectivity index (χ1n) is 7.05. The summed E-state index contributed by atoms with van der Waals surface area (Å²) in [7, 11) is 0. The van der Waals surface area contributed by atoms with Crippen LogP contribution in [-0.4, -0.2) is 23.8 Å². The van der Waals surface area contributed by atoms with Gasteiger partial charge in [-0.15, -0.1) is 0 Å². The second-order valence-corrected chi connectivity index (χ2v) is 5.35. The molecule has 1 aliphatic carbocycles. The van der Waals surface area contributed by atoms with Crippen LogP contribution >= 0.6 is 0 Å². The van der Waals surface area contributed by atoms with E-state index in [1.807, 2.05) is 18.2 Å². The van der Waals surface area contributed by atoms with Crippen molar-refractivity contribution in [1.82, 2.24) is 5.32 Å². The van der Waals surface area contributed by atoms with Crippen molar-refractivity contribution in [3.8, 4) is 11.5 Å². The number of aliphatic carboxylic acids is 1. The molecular weight excluding hydrogens is 274 g/mol. The number of benzene rings is 1. The highest BCUT2D eigenvalue weighted by molar-refractivity contribution is 5.85. The van der Waals surface area contributed by atoms with Crippen molar-refractivity contribution in [2.75, 3.05) is 6.79 Å². The van der Waals surface area contributed by atoms with Crippen LogP contribution in [0.15, 0.2) is 18.2 Å². The van der Waals surface area contributed by atoms with Gasteiger partial charge in [0, 0.05) is 12.1 Å². The molecule has 2 atom stereocenters. The molecule has 112 valence electrons. The molecule has 2 aliphatic rings. The highest BCUT2D eigenvalue weighted by atomic mass is 16.7. The largest absolute Gasteiger partial charge is 0.481 e. The molecule has 0 spiro atoms. The first kappa shape index (κ1) is 13.7. The third kappa shape index (κ3) is 2.66. The van der Waals surface area contributed by atoms with Crippen LogP contribution in [0.2, 0.25) is 0 Å². The lowest BCUT2D eigenvalue weighted by Gasteiger charge is -2.16. The molecule has 1 fully saturated rings. The van der Waals surface area contributed by atoms with Gasteiger partial charge in [-0.25, -0.2) is 0 Å². The summed E-state index contributed by atoms with van der Waals surface area (Å²) in [5.41, 5.74) is 0.836. The van der Waals surface area contributed by atoms with Gasteiger partial charge >= 0.3 is 5.97 Å². The van der Waals surface area contributed by atoms with Crippen LogP contribution in [-0.2, 0) is 16.1 Å². The second-order valence-electron chi connectivity index (χ2n) is 5.35. The van der Waals surface area contributed by atoms with Crippen molar-refractivity contribution >= 4 is 11.9 Å². The molecule has 0 aromatic heterocycles. The Morgan fingerprint density at radius 2 is 2.05 bits per heavy atom. The maximum absolute atomic E-state index is 12.2. The molecule has 21 heavy (non-hydrogen) atoms. The molecule has 1 aliphatic heterocycles. The van der Waals surface area contributed by atoms with Gasteiger partial charge in [0.05, 0.1) is 11.8 Å². The summed E-state index contributed by atoms with van der Waals surface area (Å²) < 4.78 is 10.7. The van der Waals surface area contributed by atoms with Crippen molar-refractivity contribution in [3.05, 3.63) is 23.8 Å². The van der Waals surface area contributed by atoms with Gasteiger partial charge in [-0.1, -0.05) is 18.6 Å². The minimum Gasteiger partial charge on any atom is -0.481 e. The Bertz CT molecular complexity index is 571. The Morgan fingerprint density at radius 3 is 2.86 bits per heavy atom. The number of para-hydroxylation sites is 1. The molecule has 0 radical (unpaired) electrons. The SMILES string of the molecule is O=C(O)[C@H]1CCC[C@H]1C(=O)NCc1cccc2c1OCO2. The zero-order valence-corrected chi connectivity index (χ0v) is 11.5. The molecule has 1 aromatic carbocycles. The van der Waals surface area contributed by atoms with E-state index >= 15 is 0 Å². The van der Waals surface area contributed by atoms with E-state index in [4.69, 9.17) is 14.6 Å². The zero-order valence-electron chi connectivity index (χ0n) is 11.5. The quantitative estimate of drug-likeness (QED) is 0.879. The van der Waals surface area contributed by atoms with Gasteiger partial charge in [0.2, 0.25) is 12.7 Å². The van der Waals surface area contributed by atoms with Crippen LogP contribution in [0.3, 0.4) is 0 Å². The topological polar surface area (TPSA) is 84.9 Å². The number of carbonyl (C=O) groups excluding carboxylic acids is 1. The smallest absolute Gasteiger partial charge is 0.307 e. The van der Waals surface area contributed by atoms with Crippen LogP contribution in [0.4, 0.5) is 0 Å². The molecule has 0 bridgehead atoms. The average molecular weight is 291 g/mol. The highest BCUT2D eigenvalue weighted by Crippen LogP contribution is 2.36. The van der Waals surface area contributed by atoms with Gasteiger partial charge in [-0.05, 0) is 18.9 Å². The summed E-state index contributed by atoms with van der Waals surface area (Å²) in [6, 6.07) is 5.51. The highest BCUT2D eigenvalue weighted by Gasteiger charge is 2.37. The number of carbonyl (C=O) groups is 2. The van der Waals surface area contributed by atoms with E-state index in [1.165, 1.54) is 0 Å². The fourth-order valence-corrected chi connectivity index (χ4v) is 3.01. The number of hydrogen-bond donors (Lipinski definition) is 2. The third-order valence-corrected chi connectivity index (χ3v) is 4.10. The minimum absolute atomic E-state index is 0.185. The van der Waals surface area contributed by atoms with Crippen molar-refractivity contribution in [2.24, 2.45) is 11.8 Å². The summed E-state index contributed by atoms with van der Waals surface area (Å²) in [5, 5.41) is 11.9. The van der Waals surface area contributed by atoms with Crippen molar-refractivity contribution in [1.29, 1.82) is 0 Å². The van der Waals surface area contributed by atoms with Crippen LogP contribution in [0.25, 0.3) is 0 Å². The first-order chi connectivity index (χ1) is 10.2. The van der Waals surface area contributed by atoms with Gasteiger partial charge in [0.25, 0.3) is 0 Å². The summed E-state index contributed by atoms with van der Waals surface area (Å²) in [5.74, 6) is -0.756. The maximum atomic E-state index is 12.2. The third-order valence-electron chi connectivity index (χ3n) is 4.10. The van der Waals surface area contributed by atoms with Gasteiger partial charge in [-0.2, -0.15) is 0 Å². The zero-order chi connectivity index (χ0) is 14.8. The van der Waals surface area contributed by atoms with Crippen molar-refractivity contribution in [2.45, 2.75) is 25.8 Å². The van der Waals surface area contributed by atoms with Crippen LogP contribution in [0.5, 0.6) is 11.5 Å². The lowest BCUT2D eigenvalue weighted by atomic mass is 9.95. The van der Waals surface area contributed by atoms with Gasteiger partial charge in [0.1, 0.15) is 0 Å². The molecule has 1 amide bonds. The van der Waals surface area contributed by atoms with Crippen molar-refractivity contribution in [3.63, 3.8) is 0 Å². The lowest BCUT2D eigenvalue weighted by Crippen LogP contribution is -2.34. The fraction of sp³-hybridized carbons (Fsp3) is 0.467. The molecule has 1 saturated carbocycles. The summed E-state index contributed by atoms with van der Waals surface area (Å²) in [6.07, 6.45) is 1.99. The molecule has 0 unspecified atom stereocenters. The Hall–Kier alpha value is -2.24. The predicted octanol–water partition coefficient (Wildman–Crippen LogP) is 1.53. The molecule has 1 heterocycles. The lowest BCUT2D eigenvalue weighted by molar-refractivity contribution is -0.146. The summed E-state index contributed by atoms with van der Waals surface area (Å²) in [6.45, 7) is 0.498. The molecular formula is C15H17NO5. The Balaban J connectivity index is 1.64. The van der Waals surface area contributed by atoms with E-state index in [1.54, 1.807) is 0 Å². The molecule has 2 N–H and O–H groups in total. The van der Waals surface area contributed by atoms with E-state index in [0.29, 0.717) is 30.9 Å². The Kier molecular flexibility index (Phi) is 3.68. The van der Waals surface area contributed by atoms with Gasteiger partial charge in [0.15, 0.2) is 11.5 Å². The molecule has 3 rings (SSSR count). The second kappa shape index (κ2) is 5.63. The maximum Gasteiger partial charge on any atom is 0.307 e. The molecule has 6 nitrogen and oxygen atoms in total. The van der Waals surface area contributed by atoms with E-state index in [2.05, 4.69) is 5.32 Å². The van der Waals surface area contributed by atoms with Crippen LogP contribution in [0, 0.1) is 11.8 Å². The number of rotatable bonds is 4. The number of fused-ring (bicyclic) bond motifs is 1. The first-order valence-corrected chi connectivity index (χ1v) is 7.05. The number of ether oxygens (including phenoxy) is 2. The number of carboxylic acids is 1. The summed E-state index contributed by atoms with van der Waals surface area (Å²) >= 11 is 0. The van der Waals surface area contributed by atoms with E-state index in [0.717, 1.165) is 12.0 Å². The fourth-order valence-electron chi connectivity index (χ4n) is 3.01. The van der Waals surface area contributed by atoms with Crippen LogP contribution < -0.4 is 14.8 Å². The normalized spacial score (nSPS) is 23.0. The number of amides is 1. The van der Waals surface area contributed by atoms with E-state index < -0.39 is 17.8 Å². The average Bonchev–Trinajstić information content (AvgIpc) is 3.12. The molecule has 1 aromatic rings. The Morgan fingerprint density at radius 1 is 1.24 bits per heavy atom. The van der Waals surface area contributed by atoms with E-state index in [9.17, 15) is 9.59 Å². The number of carboxylic acid groups (broad SMARTS) is 1. The monoisotopic (exact) mass is 291 g/mol. The summed E-state index contributed by atoms with van der Waals surface area (Å²) in [4.78, 5) is 23.3. The standard InChI is InChI=1S/C15H17NO5/c17-14(10-4-2-5-11(10)15(18)19)16-7-9-3-1-6-12-13(9)21-8-20-12/h1,3,6,10-11H,2,4-5,7-8H2,(H,16,17)(H,18,19)/t10-,11+/m1/s1. The molecule has 0 saturated heterocycles. The predicted molar refractivity (Wildman–Crippen MR) is 72.9 cm³/mol. The van der Waals surface area contributed by atoms with Crippen molar-refractivity contribution < 1.29 is 24.2 Å². The Labute approximate surface area is 122 Å². The minimum atomic E-state index is -0.884. The number of hydrogen-bond acceptors (Lipinski definition) is 4. The van der Waals surface area contributed by atoms with Gasteiger partial charge in [-0.3, -0.25) is 9.59 Å². The van der Waals surface area contributed by atoms with E-state index in [-0.39, 0.29) is 12.7 Å². The van der Waals surface area contributed by atoms with Gasteiger partial charge < -0.3 is 19.9 Å².